The molecule has 1 aromatic rings. The molecular formula is C28H47N5O3. The van der Waals surface area contributed by atoms with Crippen molar-refractivity contribution in [3.8, 4) is 5.75 Å². The highest BCUT2D eigenvalue weighted by Crippen LogP contribution is 2.39. The third-order valence-corrected chi connectivity index (χ3v) is 7.78. The Morgan fingerprint density at radius 3 is 2.58 bits per heavy atom. The maximum absolute atomic E-state index is 13.3. The number of likely N-dealkylation sites (N-methyl/N-ethyl adjacent to an activating group) is 2. The van der Waals surface area contributed by atoms with Gasteiger partial charge in [0.15, 0.2) is 0 Å². The molecule has 202 valence electrons. The summed E-state index contributed by atoms with van der Waals surface area (Å²) in [6.07, 6.45) is 7.67. The summed E-state index contributed by atoms with van der Waals surface area (Å²) < 4.78 is 11.1. The lowest BCUT2D eigenvalue weighted by Gasteiger charge is -2.44. The first-order valence-corrected chi connectivity index (χ1v) is 13.5. The number of ether oxygens (including phenoxy) is 2. The molecule has 0 spiro atoms. The van der Waals surface area contributed by atoms with E-state index in [1.807, 2.05) is 37.4 Å². The van der Waals surface area contributed by atoms with Crippen LogP contribution in [0.2, 0.25) is 0 Å². The number of carbonyl (C=O) groups is 1. The Morgan fingerprint density at radius 2 is 1.89 bits per heavy atom. The zero-order valence-electron chi connectivity index (χ0n) is 22.7. The first kappa shape index (κ1) is 28.4. The number of hydrazine groups is 1. The number of benzene rings is 1. The average Bonchev–Trinajstić information content (AvgIpc) is 3.27. The summed E-state index contributed by atoms with van der Waals surface area (Å²) in [6, 6.07) is 9.99. The van der Waals surface area contributed by atoms with Gasteiger partial charge in [-0.2, -0.15) is 0 Å². The molecule has 0 aromatic heterocycles. The number of rotatable bonds is 15. The van der Waals surface area contributed by atoms with Gasteiger partial charge in [0, 0.05) is 52.1 Å². The van der Waals surface area contributed by atoms with Crippen LogP contribution in [0.1, 0.15) is 45.4 Å². The molecule has 0 radical (unpaired) electrons. The van der Waals surface area contributed by atoms with Crippen LogP contribution < -0.4 is 20.9 Å². The van der Waals surface area contributed by atoms with E-state index in [4.69, 9.17) is 9.47 Å². The predicted molar refractivity (Wildman–Crippen MR) is 145 cm³/mol. The highest BCUT2D eigenvalue weighted by molar-refractivity contribution is 5.76. The van der Waals surface area contributed by atoms with Gasteiger partial charge in [-0.15, -0.1) is 0 Å². The quantitative estimate of drug-likeness (QED) is 0.319. The minimum Gasteiger partial charge on any atom is -0.493 e. The molecule has 0 saturated heterocycles. The molecule has 1 aliphatic carbocycles. The first-order chi connectivity index (χ1) is 17.5. The van der Waals surface area contributed by atoms with E-state index in [2.05, 4.69) is 46.1 Å². The number of amides is 1. The van der Waals surface area contributed by atoms with Crippen LogP contribution in [0.3, 0.4) is 0 Å². The fourth-order valence-electron chi connectivity index (χ4n) is 5.52. The van der Waals surface area contributed by atoms with Gasteiger partial charge in [0.25, 0.3) is 0 Å². The minimum absolute atomic E-state index is 0.0622. The summed E-state index contributed by atoms with van der Waals surface area (Å²) in [6.45, 7) is 7.09. The number of hydrogen-bond acceptors (Lipinski definition) is 7. The van der Waals surface area contributed by atoms with Crippen molar-refractivity contribution in [1.29, 1.82) is 0 Å². The van der Waals surface area contributed by atoms with Crippen LogP contribution in [0, 0.1) is 5.92 Å². The average molecular weight is 502 g/mol. The number of carbonyl (C=O) groups excluding carboxylic acids is 1. The molecule has 3 N–H and O–H groups in total. The lowest BCUT2D eigenvalue weighted by atomic mass is 9.71. The molecule has 8 nitrogen and oxygen atoms in total. The number of nitrogens with one attached hydrogen (secondary N) is 3. The summed E-state index contributed by atoms with van der Waals surface area (Å²) in [4.78, 5) is 17.7. The van der Waals surface area contributed by atoms with Crippen LogP contribution >= 0.6 is 0 Å². The van der Waals surface area contributed by atoms with Crippen LogP contribution in [0.4, 0.5) is 0 Å². The second-order valence-corrected chi connectivity index (χ2v) is 10.3. The molecule has 8 heteroatoms. The lowest BCUT2D eigenvalue weighted by molar-refractivity contribution is -0.135. The Labute approximate surface area is 217 Å². The van der Waals surface area contributed by atoms with Crippen LogP contribution in [0.25, 0.3) is 0 Å². The van der Waals surface area contributed by atoms with Gasteiger partial charge in [0.2, 0.25) is 5.91 Å². The van der Waals surface area contributed by atoms with Gasteiger partial charge in [0.1, 0.15) is 5.75 Å². The minimum atomic E-state index is -0.0622. The van der Waals surface area contributed by atoms with Crippen molar-refractivity contribution in [2.75, 3.05) is 60.6 Å². The SMILES string of the molecule is CNCCN(C)CC1=CNNC1(C)[C@H]1CC[C@H](N(CCCOC)C(=O)CCOc2ccccc2)CC1. The van der Waals surface area contributed by atoms with E-state index >= 15 is 0 Å². The zero-order valence-corrected chi connectivity index (χ0v) is 22.7. The monoisotopic (exact) mass is 501 g/mol. The standard InChI is InChI=1S/C28H47N5O3/c1-28(24(21-30-31-28)22-32(3)18-16-29-2)23-11-13-25(14-12-23)33(17-8-19-35-4)27(34)15-20-36-26-9-6-5-7-10-26/h5-7,9-10,21,23,25,29-31H,8,11-20,22H2,1-4H3/t23-,25-,28?. The number of hydrogen-bond donors (Lipinski definition) is 3. The van der Waals surface area contributed by atoms with Gasteiger partial charge in [-0.25, -0.2) is 5.43 Å². The fourth-order valence-corrected chi connectivity index (χ4v) is 5.52. The van der Waals surface area contributed by atoms with Crippen LogP contribution in [-0.2, 0) is 9.53 Å². The second-order valence-electron chi connectivity index (χ2n) is 10.3. The lowest BCUT2D eigenvalue weighted by Crippen LogP contribution is -2.54. The molecule has 1 aliphatic heterocycles. The summed E-state index contributed by atoms with van der Waals surface area (Å²) in [5.41, 5.74) is 8.22. The van der Waals surface area contributed by atoms with Crippen molar-refractivity contribution >= 4 is 5.91 Å². The Hall–Kier alpha value is -2.13. The Morgan fingerprint density at radius 1 is 1.14 bits per heavy atom. The van der Waals surface area contributed by atoms with Gasteiger partial charge in [-0.3, -0.25) is 4.79 Å². The molecule has 2 aliphatic rings. The topological polar surface area (TPSA) is 78.1 Å². The predicted octanol–water partition coefficient (Wildman–Crippen LogP) is 2.78. The van der Waals surface area contributed by atoms with Gasteiger partial charge < -0.3 is 30.0 Å². The largest absolute Gasteiger partial charge is 0.493 e. The van der Waals surface area contributed by atoms with Gasteiger partial charge >= 0.3 is 0 Å². The number of para-hydroxylation sites is 1. The molecule has 1 fully saturated rings. The van der Waals surface area contributed by atoms with E-state index in [0.29, 0.717) is 25.6 Å². The Balaban J connectivity index is 1.54. The molecule has 1 heterocycles. The molecule has 1 atom stereocenters. The van der Waals surface area contributed by atoms with Crippen LogP contribution in [0.5, 0.6) is 5.75 Å². The van der Waals surface area contributed by atoms with E-state index in [0.717, 1.165) is 64.0 Å². The molecule has 0 bridgehead atoms. The van der Waals surface area contributed by atoms with E-state index < -0.39 is 0 Å². The number of nitrogens with zero attached hydrogens (tertiary/aromatic N) is 2. The van der Waals surface area contributed by atoms with Crippen molar-refractivity contribution in [3.05, 3.63) is 42.1 Å². The molecule has 1 saturated carbocycles. The van der Waals surface area contributed by atoms with Gasteiger partial charge in [-0.1, -0.05) is 18.2 Å². The molecule has 1 amide bonds. The summed E-state index contributed by atoms with van der Waals surface area (Å²) in [7, 11) is 5.89. The second kappa shape index (κ2) is 14.6. The van der Waals surface area contributed by atoms with Crippen molar-refractivity contribution in [2.24, 2.45) is 5.92 Å². The van der Waals surface area contributed by atoms with Crippen molar-refractivity contribution < 1.29 is 14.3 Å². The maximum atomic E-state index is 13.3. The number of methoxy groups -OCH3 is 1. The molecular weight excluding hydrogens is 454 g/mol. The highest BCUT2D eigenvalue weighted by atomic mass is 16.5. The summed E-state index contributed by atoms with van der Waals surface area (Å²) >= 11 is 0. The van der Waals surface area contributed by atoms with Crippen molar-refractivity contribution in [2.45, 2.75) is 57.0 Å². The fraction of sp³-hybridized carbons (Fsp3) is 0.679. The summed E-state index contributed by atoms with van der Waals surface area (Å²) in [5, 5.41) is 3.23. The van der Waals surface area contributed by atoms with E-state index in [-0.39, 0.29) is 17.5 Å². The molecule has 3 rings (SSSR count). The van der Waals surface area contributed by atoms with E-state index in [1.54, 1.807) is 7.11 Å². The van der Waals surface area contributed by atoms with Gasteiger partial charge in [0.05, 0.1) is 18.6 Å². The first-order valence-electron chi connectivity index (χ1n) is 13.5. The van der Waals surface area contributed by atoms with Crippen molar-refractivity contribution in [1.82, 2.24) is 26.0 Å². The maximum Gasteiger partial charge on any atom is 0.226 e. The molecule has 1 unspecified atom stereocenters. The Kier molecular flexibility index (Phi) is 11.5. The molecule has 1 aromatic carbocycles. The Bertz CT molecular complexity index is 813. The van der Waals surface area contributed by atoms with Crippen LogP contribution in [0.15, 0.2) is 42.1 Å². The highest BCUT2D eigenvalue weighted by Gasteiger charge is 2.43. The third kappa shape index (κ3) is 7.93. The normalized spacial score (nSPS) is 23.9. The van der Waals surface area contributed by atoms with Crippen LogP contribution in [-0.4, -0.2) is 87.9 Å². The third-order valence-electron chi connectivity index (χ3n) is 7.78. The van der Waals surface area contributed by atoms with Gasteiger partial charge in [-0.05, 0) is 76.7 Å². The zero-order chi connectivity index (χ0) is 25.8. The van der Waals surface area contributed by atoms with Crippen molar-refractivity contribution in [3.63, 3.8) is 0 Å². The van der Waals surface area contributed by atoms with E-state index in [9.17, 15) is 4.79 Å². The van der Waals surface area contributed by atoms with E-state index in [1.165, 1.54) is 5.57 Å². The smallest absolute Gasteiger partial charge is 0.226 e. The summed E-state index contributed by atoms with van der Waals surface area (Å²) in [5.74, 6) is 1.53. The molecule has 36 heavy (non-hydrogen) atoms.